The number of carbonyl (C=O) groups is 1. The Balaban J connectivity index is 2.36. The first-order valence-corrected chi connectivity index (χ1v) is 6.46. The van der Waals surface area contributed by atoms with E-state index in [2.05, 4.69) is 26.1 Å². The molecule has 1 saturated heterocycles. The van der Waals surface area contributed by atoms with Crippen LogP contribution in [-0.2, 0) is 9.53 Å². The number of hydrogen-bond acceptors (Lipinski definition) is 3. The Morgan fingerprint density at radius 1 is 1.47 bits per heavy atom. The van der Waals surface area contributed by atoms with E-state index in [1.165, 1.54) is 0 Å². The number of nitrogens with zero attached hydrogens (tertiary/aromatic N) is 1. The number of ether oxygens (including phenoxy) is 1. The van der Waals surface area contributed by atoms with Crippen LogP contribution in [0.25, 0.3) is 0 Å². The van der Waals surface area contributed by atoms with Gasteiger partial charge in [0, 0.05) is 26.1 Å². The highest BCUT2D eigenvalue weighted by Gasteiger charge is 2.24. The van der Waals surface area contributed by atoms with Crippen molar-refractivity contribution in [3.05, 3.63) is 0 Å². The van der Waals surface area contributed by atoms with Crippen molar-refractivity contribution in [3.63, 3.8) is 0 Å². The molecule has 1 aliphatic heterocycles. The van der Waals surface area contributed by atoms with Gasteiger partial charge in [0.15, 0.2) is 0 Å². The Hall–Kier alpha value is -0.610. The van der Waals surface area contributed by atoms with Crippen LogP contribution >= 0.6 is 0 Å². The maximum atomic E-state index is 12.0. The molecule has 4 heteroatoms. The Bertz CT molecular complexity index is 246. The topological polar surface area (TPSA) is 41.6 Å². The smallest absolute Gasteiger partial charge is 0.222 e. The van der Waals surface area contributed by atoms with Gasteiger partial charge in [0.25, 0.3) is 0 Å². The Morgan fingerprint density at radius 3 is 2.76 bits per heavy atom. The third-order valence-corrected chi connectivity index (χ3v) is 3.01. The molecule has 0 aromatic rings. The highest BCUT2D eigenvalue weighted by atomic mass is 16.5. The largest absolute Gasteiger partial charge is 0.373 e. The van der Waals surface area contributed by atoms with Crippen LogP contribution < -0.4 is 5.32 Å². The lowest BCUT2D eigenvalue weighted by atomic mass is 9.90. The predicted octanol–water partition coefficient (Wildman–Crippen LogP) is 1.26. The third-order valence-electron chi connectivity index (χ3n) is 3.01. The van der Waals surface area contributed by atoms with Gasteiger partial charge in [-0.25, -0.2) is 0 Å². The number of morpholine rings is 1. The Morgan fingerprint density at radius 2 is 2.18 bits per heavy atom. The molecule has 17 heavy (non-hydrogen) atoms. The summed E-state index contributed by atoms with van der Waals surface area (Å²) in [5, 5.41) is 3.09. The van der Waals surface area contributed by atoms with E-state index in [0.717, 1.165) is 26.1 Å². The molecule has 0 bridgehead atoms. The van der Waals surface area contributed by atoms with E-state index < -0.39 is 0 Å². The fourth-order valence-electron chi connectivity index (χ4n) is 1.94. The number of carbonyl (C=O) groups excluding carboxylic acids is 1. The van der Waals surface area contributed by atoms with Crippen molar-refractivity contribution in [1.82, 2.24) is 10.2 Å². The third kappa shape index (κ3) is 5.50. The van der Waals surface area contributed by atoms with Crippen molar-refractivity contribution in [2.75, 3.05) is 33.3 Å². The first-order chi connectivity index (χ1) is 7.92. The molecule has 1 fully saturated rings. The molecule has 1 aliphatic rings. The minimum Gasteiger partial charge on any atom is -0.373 e. The zero-order valence-corrected chi connectivity index (χ0v) is 11.6. The van der Waals surface area contributed by atoms with Crippen molar-refractivity contribution < 1.29 is 9.53 Å². The monoisotopic (exact) mass is 242 g/mol. The van der Waals surface area contributed by atoms with Gasteiger partial charge in [-0.05, 0) is 18.9 Å². The highest BCUT2D eigenvalue weighted by Crippen LogP contribution is 2.21. The van der Waals surface area contributed by atoms with Gasteiger partial charge < -0.3 is 15.0 Å². The lowest BCUT2D eigenvalue weighted by Crippen LogP contribution is -2.48. The molecular formula is C13H26N2O2. The minimum atomic E-state index is 0.146. The average Bonchev–Trinajstić information content (AvgIpc) is 2.26. The molecule has 0 aromatic carbocycles. The first-order valence-electron chi connectivity index (χ1n) is 6.46. The van der Waals surface area contributed by atoms with E-state index in [0.29, 0.717) is 13.0 Å². The van der Waals surface area contributed by atoms with Gasteiger partial charge in [0.05, 0.1) is 12.7 Å². The van der Waals surface area contributed by atoms with Crippen molar-refractivity contribution in [2.45, 2.75) is 39.7 Å². The zero-order valence-electron chi connectivity index (χ0n) is 11.6. The predicted molar refractivity (Wildman–Crippen MR) is 68.9 cm³/mol. The van der Waals surface area contributed by atoms with Gasteiger partial charge >= 0.3 is 0 Å². The van der Waals surface area contributed by atoms with Gasteiger partial charge in [-0.2, -0.15) is 0 Å². The van der Waals surface area contributed by atoms with Gasteiger partial charge in [-0.1, -0.05) is 20.8 Å². The Labute approximate surface area is 105 Å². The molecule has 0 radical (unpaired) electrons. The quantitative estimate of drug-likeness (QED) is 0.807. The summed E-state index contributed by atoms with van der Waals surface area (Å²) in [7, 11) is 1.91. The second kappa shape index (κ2) is 6.36. The second-order valence-electron chi connectivity index (χ2n) is 5.95. The van der Waals surface area contributed by atoms with E-state index in [-0.39, 0.29) is 17.4 Å². The van der Waals surface area contributed by atoms with E-state index in [1.807, 2.05) is 11.9 Å². The fraction of sp³-hybridized carbons (Fsp3) is 0.923. The van der Waals surface area contributed by atoms with Crippen molar-refractivity contribution in [1.29, 1.82) is 0 Å². The molecule has 0 spiro atoms. The summed E-state index contributed by atoms with van der Waals surface area (Å²) in [5.41, 5.74) is 0.228. The lowest BCUT2D eigenvalue weighted by Gasteiger charge is -2.33. The molecule has 0 aromatic heterocycles. The minimum absolute atomic E-state index is 0.146. The maximum absolute atomic E-state index is 12.0. The van der Waals surface area contributed by atoms with Crippen LogP contribution in [0.3, 0.4) is 0 Å². The van der Waals surface area contributed by atoms with Gasteiger partial charge in [0.1, 0.15) is 0 Å². The van der Waals surface area contributed by atoms with Gasteiger partial charge in [-0.3, -0.25) is 4.79 Å². The summed E-state index contributed by atoms with van der Waals surface area (Å²) in [6.07, 6.45) is 1.74. The fourth-order valence-corrected chi connectivity index (χ4v) is 1.94. The molecule has 4 nitrogen and oxygen atoms in total. The standard InChI is InChI=1S/C13H26N2O2/c1-13(2,3)6-5-12(16)15-7-8-17-11(10-15)9-14-4/h11,14H,5-10H2,1-4H3. The van der Waals surface area contributed by atoms with E-state index >= 15 is 0 Å². The SMILES string of the molecule is CNCC1CN(C(=O)CCC(C)(C)C)CCO1. The Kier molecular flexibility index (Phi) is 5.40. The van der Waals surface area contributed by atoms with Gasteiger partial charge in [0.2, 0.25) is 5.91 Å². The maximum Gasteiger partial charge on any atom is 0.222 e. The molecule has 1 atom stereocenters. The van der Waals surface area contributed by atoms with Crippen LogP contribution in [0, 0.1) is 5.41 Å². The van der Waals surface area contributed by atoms with Crippen LogP contribution in [0.5, 0.6) is 0 Å². The lowest BCUT2D eigenvalue weighted by molar-refractivity contribution is -0.139. The number of hydrogen-bond donors (Lipinski definition) is 1. The van der Waals surface area contributed by atoms with Crippen LogP contribution in [0.1, 0.15) is 33.6 Å². The summed E-state index contributed by atoms with van der Waals surface area (Å²) in [6.45, 7) is 9.44. The van der Waals surface area contributed by atoms with E-state index in [4.69, 9.17) is 4.74 Å². The molecule has 1 N–H and O–H groups in total. The number of likely N-dealkylation sites (N-methyl/N-ethyl adjacent to an activating group) is 1. The molecule has 100 valence electrons. The second-order valence-corrected chi connectivity index (χ2v) is 5.95. The molecule has 1 heterocycles. The highest BCUT2D eigenvalue weighted by molar-refractivity contribution is 5.76. The van der Waals surface area contributed by atoms with Crippen molar-refractivity contribution in [3.8, 4) is 0 Å². The molecular weight excluding hydrogens is 216 g/mol. The summed E-state index contributed by atoms with van der Waals surface area (Å²) >= 11 is 0. The average molecular weight is 242 g/mol. The number of amides is 1. The van der Waals surface area contributed by atoms with E-state index in [9.17, 15) is 4.79 Å². The van der Waals surface area contributed by atoms with Crippen LogP contribution in [0.2, 0.25) is 0 Å². The van der Waals surface area contributed by atoms with Crippen molar-refractivity contribution in [2.24, 2.45) is 5.41 Å². The number of nitrogens with one attached hydrogen (secondary N) is 1. The summed E-state index contributed by atoms with van der Waals surface area (Å²) in [6, 6.07) is 0. The summed E-state index contributed by atoms with van der Waals surface area (Å²) in [5.74, 6) is 0.268. The van der Waals surface area contributed by atoms with Crippen LogP contribution in [0.15, 0.2) is 0 Å². The van der Waals surface area contributed by atoms with Crippen LogP contribution in [-0.4, -0.2) is 50.2 Å². The normalized spacial score (nSPS) is 21.6. The van der Waals surface area contributed by atoms with Gasteiger partial charge in [-0.15, -0.1) is 0 Å². The molecule has 1 rings (SSSR count). The molecule has 1 unspecified atom stereocenters. The molecule has 0 saturated carbocycles. The molecule has 0 aliphatic carbocycles. The summed E-state index contributed by atoms with van der Waals surface area (Å²) < 4.78 is 5.59. The first kappa shape index (κ1) is 14.5. The van der Waals surface area contributed by atoms with E-state index in [1.54, 1.807) is 0 Å². The zero-order chi connectivity index (χ0) is 12.9. The van der Waals surface area contributed by atoms with Crippen molar-refractivity contribution >= 4 is 5.91 Å². The van der Waals surface area contributed by atoms with Crippen LogP contribution in [0.4, 0.5) is 0 Å². The number of rotatable bonds is 4. The summed E-state index contributed by atoms with van der Waals surface area (Å²) in [4.78, 5) is 14.0. The molecule has 1 amide bonds.